The lowest BCUT2D eigenvalue weighted by molar-refractivity contribution is 0.254. The first-order chi connectivity index (χ1) is 7.92. The predicted octanol–water partition coefficient (Wildman–Crippen LogP) is 2.04. The maximum atomic E-state index is 12.0. The van der Waals surface area contributed by atoms with Gasteiger partial charge in [0.1, 0.15) is 4.90 Å². The van der Waals surface area contributed by atoms with E-state index in [2.05, 4.69) is 4.72 Å². The molecule has 0 amide bonds. The van der Waals surface area contributed by atoms with Crippen molar-refractivity contribution in [3.05, 3.63) is 28.2 Å². The molecule has 0 fully saturated rings. The molecule has 0 heterocycles. The smallest absolute Gasteiger partial charge is 0.243 e. The van der Waals surface area contributed by atoms with Gasteiger partial charge in [0.05, 0.1) is 16.7 Å². The lowest BCUT2D eigenvalue weighted by atomic mass is 10.3. The average molecular weight is 298 g/mol. The minimum atomic E-state index is -3.82. The molecular weight excluding hydrogens is 285 g/mol. The summed E-state index contributed by atoms with van der Waals surface area (Å²) < 4.78 is 26.4. The van der Waals surface area contributed by atoms with Crippen molar-refractivity contribution in [2.45, 2.75) is 24.3 Å². The molecule has 7 heteroatoms. The molecule has 0 aliphatic rings. The van der Waals surface area contributed by atoms with E-state index in [-0.39, 0.29) is 21.5 Å². The van der Waals surface area contributed by atoms with Crippen LogP contribution in [0, 0.1) is 0 Å². The van der Waals surface area contributed by atoms with Crippen molar-refractivity contribution in [3.63, 3.8) is 0 Å². The Morgan fingerprint density at radius 2 is 1.88 bits per heavy atom. The number of benzene rings is 1. The number of aliphatic hydroxyl groups excluding tert-OH is 1. The Balaban J connectivity index is 3.14. The first-order valence-electron chi connectivity index (χ1n) is 4.99. The maximum absolute atomic E-state index is 12.0. The molecule has 0 saturated carbocycles. The highest BCUT2D eigenvalue weighted by Crippen LogP contribution is 2.28. The van der Waals surface area contributed by atoms with Crippen molar-refractivity contribution in [3.8, 4) is 0 Å². The molecule has 0 unspecified atom stereocenters. The van der Waals surface area contributed by atoms with Gasteiger partial charge in [-0.25, -0.2) is 13.1 Å². The Bertz CT molecular complexity index is 466. The van der Waals surface area contributed by atoms with Crippen LogP contribution in [0.5, 0.6) is 0 Å². The Hall–Kier alpha value is -0.330. The highest BCUT2D eigenvalue weighted by atomic mass is 35.5. The summed E-state index contributed by atoms with van der Waals surface area (Å²) in [5.74, 6) is 0. The third kappa shape index (κ3) is 3.56. The molecule has 0 aliphatic heterocycles. The van der Waals surface area contributed by atoms with E-state index in [1.165, 1.54) is 12.1 Å². The molecule has 1 aromatic carbocycles. The molecule has 1 rings (SSSR count). The first-order valence-corrected chi connectivity index (χ1v) is 7.23. The second-order valence-electron chi connectivity index (χ2n) is 3.46. The molecule has 0 aliphatic carbocycles. The normalized spacial score (nSPS) is 13.6. The maximum Gasteiger partial charge on any atom is 0.243 e. The van der Waals surface area contributed by atoms with E-state index in [4.69, 9.17) is 28.3 Å². The molecule has 2 N–H and O–H groups in total. The summed E-state index contributed by atoms with van der Waals surface area (Å²) in [6, 6.07) is 3.91. The van der Waals surface area contributed by atoms with Crippen LogP contribution in [0.15, 0.2) is 23.1 Å². The van der Waals surface area contributed by atoms with Crippen LogP contribution in [0.4, 0.5) is 0 Å². The molecule has 1 aromatic rings. The minimum Gasteiger partial charge on any atom is -0.395 e. The third-order valence-electron chi connectivity index (χ3n) is 2.22. The van der Waals surface area contributed by atoms with E-state index in [1.807, 2.05) is 0 Å². The Morgan fingerprint density at radius 1 is 1.35 bits per heavy atom. The summed E-state index contributed by atoms with van der Waals surface area (Å²) in [4.78, 5) is -0.157. The van der Waals surface area contributed by atoms with Crippen LogP contribution in [0.3, 0.4) is 0 Å². The average Bonchev–Trinajstić information content (AvgIpc) is 2.25. The van der Waals surface area contributed by atoms with Gasteiger partial charge in [-0.15, -0.1) is 0 Å². The zero-order chi connectivity index (χ0) is 13.1. The monoisotopic (exact) mass is 297 g/mol. The van der Waals surface area contributed by atoms with Gasteiger partial charge in [0, 0.05) is 6.04 Å². The number of hydrogen-bond donors (Lipinski definition) is 2. The summed E-state index contributed by atoms with van der Waals surface area (Å²) in [7, 11) is -3.82. The number of halogens is 2. The van der Waals surface area contributed by atoms with Gasteiger partial charge in [-0.3, -0.25) is 0 Å². The lowest BCUT2D eigenvalue weighted by Gasteiger charge is -2.15. The highest BCUT2D eigenvalue weighted by molar-refractivity contribution is 7.89. The van der Waals surface area contributed by atoms with Crippen LogP contribution in [0.1, 0.15) is 13.3 Å². The number of nitrogens with one attached hydrogen (secondary N) is 1. The molecule has 17 heavy (non-hydrogen) atoms. The van der Waals surface area contributed by atoms with Gasteiger partial charge in [0.25, 0.3) is 0 Å². The Labute approximate surface area is 111 Å². The molecule has 0 spiro atoms. The van der Waals surface area contributed by atoms with Crippen molar-refractivity contribution in [2.24, 2.45) is 0 Å². The first kappa shape index (κ1) is 14.7. The van der Waals surface area contributed by atoms with Crippen molar-refractivity contribution in [2.75, 3.05) is 6.61 Å². The molecule has 0 bridgehead atoms. The van der Waals surface area contributed by atoms with Crippen molar-refractivity contribution in [1.29, 1.82) is 0 Å². The van der Waals surface area contributed by atoms with E-state index in [1.54, 1.807) is 13.0 Å². The summed E-state index contributed by atoms with van der Waals surface area (Å²) in [6.45, 7) is 1.48. The fourth-order valence-electron chi connectivity index (χ4n) is 1.27. The molecule has 0 aromatic heterocycles. The zero-order valence-electron chi connectivity index (χ0n) is 9.15. The van der Waals surface area contributed by atoms with Crippen molar-refractivity contribution < 1.29 is 13.5 Å². The van der Waals surface area contributed by atoms with Crippen LogP contribution in [-0.2, 0) is 10.0 Å². The van der Waals surface area contributed by atoms with Crippen LogP contribution in [-0.4, -0.2) is 26.2 Å². The molecule has 1 atom stereocenters. The SMILES string of the molecule is CC[C@@H](CO)NS(=O)(=O)c1c(Cl)cccc1Cl. The van der Waals surface area contributed by atoms with E-state index in [9.17, 15) is 8.42 Å². The third-order valence-corrected chi connectivity index (χ3v) is 4.70. The van der Waals surface area contributed by atoms with Gasteiger partial charge >= 0.3 is 0 Å². The van der Waals surface area contributed by atoms with Crippen LogP contribution in [0.25, 0.3) is 0 Å². The quantitative estimate of drug-likeness (QED) is 0.874. The lowest BCUT2D eigenvalue weighted by Crippen LogP contribution is -2.37. The van der Waals surface area contributed by atoms with Gasteiger partial charge in [-0.05, 0) is 18.6 Å². The second-order valence-corrected chi connectivity index (χ2v) is 5.93. The molecule has 0 radical (unpaired) electrons. The van der Waals surface area contributed by atoms with Crippen LogP contribution in [0.2, 0.25) is 10.0 Å². The fourth-order valence-corrected chi connectivity index (χ4v) is 3.72. The van der Waals surface area contributed by atoms with Gasteiger partial charge in [0.2, 0.25) is 10.0 Å². The summed E-state index contributed by atoms with van der Waals surface area (Å²) in [5, 5.41) is 9.09. The summed E-state index contributed by atoms with van der Waals surface area (Å²) >= 11 is 11.6. The van der Waals surface area contributed by atoms with Crippen molar-refractivity contribution in [1.82, 2.24) is 4.72 Å². The van der Waals surface area contributed by atoms with Gasteiger partial charge in [-0.1, -0.05) is 36.2 Å². The van der Waals surface area contributed by atoms with Crippen molar-refractivity contribution >= 4 is 33.2 Å². The number of hydrogen-bond acceptors (Lipinski definition) is 3. The predicted molar refractivity (Wildman–Crippen MR) is 67.9 cm³/mol. The van der Waals surface area contributed by atoms with E-state index in [0.717, 1.165) is 0 Å². The molecular formula is C10H13Cl2NO3S. The fraction of sp³-hybridized carbons (Fsp3) is 0.400. The summed E-state index contributed by atoms with van der Waals surface area (Å²) in [5.41, 5.74) is 0. The number of aliphatic hydroxyl groups is 1. The van der Waals surface area contributed by atoms with Crippen LogP contribution < -0.4 is 4.72 Å². The Morgan fingerprint density at radius 3 is 2.29 bits per heavy atom. The minimum absolute atomic E-state index is 0.0535. The van der Waals surface area contributed by atoms with Gasteiger partial charge in [-0.2, -0.15) is 0 Å². The summed E-state index contributed by atoms with van der Waals surface area (Å²) in [6.07, 6.45) is 0.470. The van der Waals surface area contributed by atoms with Gasteiger partial charge in [0.15, 0.2) is 0 Å². The second kappa shape index (κ2) is 6.02. The van der Waals surface area contributed by atoms with E-state index < -0.39 is 16.1 Å². The largest absolute Gasteiger partial charge is 0.395 e. The molecule has 4 nitrogen and oxygen atoms in total. The van der Waals surface area contributed by atoms with E-state index >= 15 is 0 Å². The van der Waals surface area contributed by atoms with E-state index in [0.29, 0.717) is 6.42 Å². The topological polar surface area (TPSA) is 66.4 Å². The number of rotatable bonds is 5. The zero-order valence-corrected chi connectivity index (χ0v) is 11.5. The highest BCUT2D eigenvalue weighted by Gasteiger charge is 2.23. The molecule has 96 valence electrons. The number of sulfonamides is 1. The molecule has 0 saturated heterocycles. The van der Waals surface area contributed by atoms with Gasteiger partial charge < -0.3 is 5.11 Å². The Kier molecular flexibility index (Phi) is 5.22. The van der Waals surface area contributed by atoms with Crippen LogP contribution >= 0.6 is 23.2 Å². The standard InChI is InChI=1S/C10H13Cl2NO3S/c1-2-7(6-14)13-17(15,16)10-8(11)4-3-5-9(10)12/h3-5,7,13-14H,2,6H2,1H3/t7-/m0/s1.